The lowest BCUT2D eigenvalue weighted by Gasteiger charge is -2.17. The first-order chi connectivity index (χ1) is 14.1. The van der Waals surface area contributed by atoms with Crippen LogP contribution in [0, 0.1) is 0 Å². The highest BCUT2D eigenvalue weighted by atomic mass is 16.5. The molecule has 0 saturated carbocycles. The van der Waals surface area contributed by atoms with Crippen molar-refractivity contribution in [1.82, 2.24) is 4.57 Å². The molecule has 1 aliphatic rings. The molecule has 5 nitrogen and oxygen atoms in total. The number of benzene rings is 3. The lowest BCUT2D eigenvalue weighted by Crippen LogP contribution is -2.21. The van der Waals surface area contributed by atoms with Crippen LogP contribution in [0.5, 0.6) is 11.5 Å². The van der Waals surface area contributed by atoms with E-state index in [0.717, 1.165) is 21.8 Å². The highest BCUT2D eigenvalue weighted by molar-refractivity contribution is 6.30. The van der Waals surface area contributed by atoms with Gasteiger partial charge in [0.05, 0.1) is 18.2 Å². The number of hydrogen-bond acceptors (Lipinski definition) is 4. The number of carbonyl (C=O) groups excluding carboxylic acids is 2. The Morgan fingerprint density at radius 2 is 1.66 bits per heavy atom. The molecule has 5 heteroatoms. The van der Waals surface area contributed by atoms with Gasteiger partial charge in [-0.3, -0.25) is 9.59 Å². The number of rotatable bonds is 3. The van der Waals surface area contributed by atoms with E-state index >= 15 is 0 Å². The molecule has 0 spiro atoms. The molecule has 0 fully saturated rings. The fourth-order valence-corrected chi connectivity index (χ4v) is 3.96. The summed E-state index contributed by atoms with van der Waals surface area (Å²) in [5.74, 6) is 0.496. The Balaban J connectivity index is 1.68. The van der Waals surface area contributed by atoms with Crippen molar-refractivity contribution < 1.29 is 19.1 Å². The van der Waals surface area contributed by atoms with Crippen LogP contribution in [0.25, 0.3) is 21.8 Å². The van der Waals surface area contributed by atoms with Crippen LogP contribution in [0.1, 0.15) is 20.7 Å². The monoisotopic (exact) mass is 383 g/mol. The lowest BCUT2D eigenvalue weighted by atomic mass is 9.91. The molecular weight excluding hydrogens is 366 g/mol. The van der Waals surface area contributed by atoms with Crippen molar-refractivity contribution >= 4 is 33.4 Å². The second kappa shape index (κ2) is 6.34. The van der Waals surface area contributed by atoms with Crippen molar-refractivity contribution in [2.45, 2.75) is 0 Å². The van der Waals surface area contributed by atoms with Crippen molar-refractivity contribution in [2.75, 3.05) is 7.11 Å². The summed E-state index contributed by atoms with van der Waals surface area (Å²) in [6.45, 7) is 0. The zero-order chi connectivity index (χ0) is 20.1. The first-order valence-electron chi connectivity index (χ1n) is 9.21. The van der Waals surface area contributed by atoms with Gasteiger partial charge in [-0.25, -0.2) is 0 Å². The van der Waals surface area contributed by atoms with Crippen molar-refractivity contribution in [2.24, 2.45) is 7.05 Å². The third-order valence-corrected chi connectivity index (χ3v) is 5.32. The van der Waals surface area contributed by atoms with Gasteiger partial charge in [-0.05, 0) is 24.3 Å². The molecule has 0 radical (unpaired) electrons. The van der Waals surface area contributed by atoms with Crippen LogP contribution in [-0.4, -0.2) is 23.2 Å². The standard InChI is InChI=1S/C24H17NO4/c1-25-19-9-4-3-8-16(19)17-10-11-18-20(26)13-21(24(27)22(18)23(17)25)29-15-7-5-6-14(12-15)28-2/h3-13H,1-2H3. The Kier molecular flexibility index (Phi) is 3.77. The first-order valence-corrected chi connectivity index (χ1v) is 9.21. The maximum atomic E-state index is 13.4. The predicted molar refractivity (Wildman–Crippen MR) is 111 cm³/mol. The minimum Gasteiger partial charge on any atom is -0.497 e. The fourth-order valence-electron chi connectivity index (χ4n) is 3.96. The number of ketones is 2. The number of aryl methyl sites for hydroxylation is 1. The normalized spacial score (nSPS) is 13.5. The van der Waals surface area contributed by atoms with E-state index in [1.807, 2.05) is 41.9 Å². The zero-order valence-electron chi connectivity index (χ0n) is 15.9. The minimum atomic E-state index is -0.307. The van der Waals surface area contributed by atoms with Crippen LogP contribution >= 0.6 is 0 Å². The third kappa shape index (κ3) is 2.55. The minimum absolute atomic E-state index is 0.00788. The molecule has 5 rings (SSSR count). The molecule has 1 aliphatic carbocycles. The molecule has 0 aliphatic heterocycles. The largest absolute Gasteiger partial charge is 0.497 e. The van der Waals surface area contributed by atoms with Crippen molar-refractivity contribution in [3.05, 3.63) is 83.6 Å². The smallest absolute Gasteiger partial charge is 0.231 e. The molecule has 0 N–H and O–H groups in total. The molecule has 3 aromatic carbocycles. The number of ether oxygens (including phenoxy) is 2. The fraction of sp³-hybridized carbons (Fsp3) is 0.0833. The summed E-state index contributed by atoms with van der Waals surface area (Å²) in [5, 5.41) is 1.98. The van der Waals surface area contributed by atoms with Gasteiger partial charge in [0.1, 0.15) is 11.5 Å². The Morgan fingerprint density at radius 3 is 2.48 bits per heavy atom. The van der Waals surface area contributed by atoms with Crippen LogP contribution in [-0.2, 0) is 7.05 Å². The molecule has 142 valence electrons. The molecule has 29 heavy (non-hydrogen) atoms. The number of para-hydroxylation sites is 1. The molecular formula is C24H17NO4. The molecule has 4 aromatic rings. The maximum Gasteiger partial charge on any atom is 0.231 e. The third-order valence-electron chi connectivity index (χ3n) is 5.32. The van der Waals surface area contributed by atoms with E-state index in [1.165, 1.54) is 6.08 Å². The Morgan fingerprint density at radius 1 is 0.862 bits per heavy atom. The molecule has 0 saturated heterocycles. The van der Waals surface area contributed by atoms with Gasteiger partial charge >= 0.3 is 0 Å². The summed E-state index contributed by atoms with van der Waals surface area (Å²) in [4.78, 5) is 26.2. The number of allylic oxidation sites excluding steroid dienone is 2. The summed E-state index contributed by atoms with van der Waals surface area (Å²) < 4.78 is 13.0. The summed E-state index contributed by atoms with van der Waals surface area (Å²) in [5.41, 5.74) is 2.51. The van der Waals surface area contributed by atoms with Gasteiger partial charge in [-0.2, -0.15) is 0 Å². The predicted octanol–water partition coefficient (Wildman–Crippen LogP) is 4.68. The number of hydrogen-bond donors (Lipinski definition) is 0. The number of Topliss-reactive ketones (excluding diaryl/α,β-unsaturated/α-hetero) is 1. The average Bonchev–Trinajstić information content (AvgIpc) is 3.04. The molecule has 0 amide bonds. The van der Waals surface area contributed by atoms with Crippen molar-refractivity contribution in [1.29, 1.82) is 0 Å². The first kappa shape index (κ1) is 17.3. The van der Waals surface area contributed by atoms with E-state index in [1.54, 1.807) is 37.4 Å². The van der Waals surface area contributed by atoms with Crippen LogP contribution in [0.15, 0.2) is 72.5 Å². The van der Waals surface area contributed by atoms with E-state index in [4.69, 9.17) is 9.47 Å². The Bertz CT molecular complexity index is 1360. The zero-order valence-corrected chi connectivity index (χ0v) is 15.9. The molecule has 0 unspecified atom stereocenters. The molecule has 0 atom stereocenters. The van der Waals surface area contributed by atoms with Crippen LogP contribution < -0.4 is 9.47 Å². The number of nitrogens with zero attached hydrogens (tertiary/aromatic N) is 1. The van der Waals surface area contributed by atoms with Gasteiger partial charge < -0.3 is 14.0 Å². The van der Waals surface area contributed by atoms with Crippen LogP contribution in [0.4, 0.5) is 0 Å². The van der Waals surface area contributed by atoms with E-state index in [2.05, 4.69) is 0 Å². The quantitative estimate of drug-likeness (QED) is 0.515. The van der Waals surface area contributed by atoms with Gasteiger partial charge in [0.25, 0.3) is 0 Å². The van der Waals surface area contributed by atoms with Crippen LogP contribution in [0.3, 0.4) is 0 Å². The second-order valence-corrected chi connectivity index (χ2v) is 6.94. The van der Waals surface area contributed by atoms with E-state index in [-0.39, 0.29) is 17.3 Å². The molecule has 1 aromatic heterocycles. The van der Waals surface area contributed by atoms with Gasteiger partial charge in [0.2, 0.25) is 5.78 Å². The van der Waals surface area contributed by atoms with E-state index < -0.39 is 0 Å². The summed E-state index contributed by atoms with van der Waals surface area (Å²) >= 11 is 0. The van der Waals surface area contributed by atoms with Crippen molar-refractivity contribution in [3.8, 4) is 11.5 Å². The Labute approximate surface area is 166 Å². The maximum absolute atomic E-state index is 13.4. The highest BCUT2D eigenvalue weighted by Crippen LogP contribution is 2.35. The van der Waals surface area contributed by atoms with Gasteiger partial charge in [0, 0.05) is 41.0 Å². The Hall–Kier alpha value is -3.86. The molecule has 1 heterocycles. The van der Waals surface area contributed by atoms with Gasteiger partial charge in [-0.15, -0.1) is 0 Å². The lowest BCUT2D eigenvalue weighted by molar-refractivity contribution is 0.0948. The highest BCUT2D eigenvalue weighted by Gasteiger charge is 2.31. The number of fused-ring (bicyclic) bond motifs is 5. The number of aromatic nitrogens is 1. The molecule has 0 bridgehead atoms. The number of carbonyl (C=O) groups is 2. The SMILES string of the molecule is COc1cccc(OC2=CC(=O)c3ccc4c5ccccc5n(C)c4c3C2=O)c1. The summed E-state index contributed by atoms with van der Waals surface area (Å²) in [7, 11) is 3.46. The van der Waals surface area contributed by atoms with Gasteiger partial charge in [-0.1, -0.05) is 30.3 Å². The topological polar surface area (TPSA) is 57.5 Å². The van der Waals surface area contributed by atoms with Crippen LogP contribution in [0.2, 0.25) is 0 Å². The average molecular weight is 383 g/mol. The van der Waals surface area contributed by atoms with Crippen molar-refractivity contribution in [3.63, 3.8) is 0 Å². The number of methoxy groups -OCH3 is 1. The van der Waals surface area contributed by atoms with Gasteiger partial charge in [0.15, 0.2) is 11.5 Å². The second-order valence-electron chi connectivity index (χ2n) is 6.94. The van der Waals surface area contributed by atoms with E-state index in [9.17, 15) is 9.59 Å². The van der Waals surface area contributed by atoms with E-state index in [0.29, 0.717) is 22.6 Å². The summed E-state index contributed by atoms with van der Waals surface area (Å²) in [6, 6.07) is 18.5. The summed E-state index contributed by atoms with van der Waals surface area (Å²) in [6.07, 6.45) is 1.26.